The zero-order valence-corrected chi connectivity index (χ0v) is 11.6. The maximum Gasteiger partial charge on any atom is 0.311 e. The van der Waals surface area contributed by atoms with Crippen LogP contribution in [-0.2, 0) is 21.1 Å². The first kappa shape index (κ1) is 14.8. The number of carboxylic acids is 1. The summed E-state index contributed by atoms with van der Waals surface area (Å²) in [6, 6.07) is 5.31. The second-order valence-corrected chi connectivity index (χ2v) is 7.51. The molecule has 0 radical (unpaired) electrons. The van der Waals surface area contributed by atoms with E-state index >= 15 is 0 Å². The monoisotopic (exact) mass is 299 g/mol. The van der Waals surface area contributed by atoms with Crippen molar-refractivity contribution in [2.45, 2.75) is 18.9 Å². The normalized spacial score (nSPS) is 28.9. The van der Waals surface area contributed by atoms with Crippen molar-refractivity contribution in [1.29, 1.82) is 0 Å². The Morgan fingerprint density at radius 1 is 1.45 bits per heavy atom. The highest BCUT2D eigenvalue weighted by atomic mass is 32.2. The smallest absolute Gasteiger partial charge is 0.311 e. The van der Waals surface area contributed by atoms with Gasteiger partial charge in [0.05, 0.1) is 16.9 Å². The van der Waals surface area contributed by atoms with Gasteiger partial charge < -0.3 is 15.9 Å². The van der Waals surface area contributed by atoms with E-state index in [1.165, 1.54) is 12.1 Å². The molecule has 20 heavy (non-hydrogen) atoms. The van der Waals surface area contributed by atoms with Gasteiger partial charge in [-0.2, -0.15) is 0 Å². The summed E-state index contributed by atoms with van der Waals surface area (Å²) in [6.45, 7) is 0. The molecule has 0 aliphatic carbocycles. The Morgan fingerprint density at radius 3 is 2.70 bits per heavy atom. The lowest BCUT2D eigenvalue weighted by Crippen LogP contribution is -2.56. The van der Waals surface area contributed by atoms with E-state index in [0.29, 0.717) is 5.56 Å². The first-order valence-electron chi connectivity index (χ1n) is 6.22. The number of benzene rings is 1. The topological polar surface area (TPSA) is 118 Å². The molecular formula is C13H17NO5S. The van der Waals surface area contributed by atoms with Gasteiger partial charge in [-0.3, -0.25) is 4.79 Å². The molecule has 110 valence electrons. The Kier molecular flexibility index (Phi) is 3.75. The first-order valence-corrected chi connectivity index (χ1v) is 8.05. The number of nitrogens with two attached hydrogens (primary N) is 1. The summed E-state index contributed by atoms with van der Waals surface area (Å²) in [5.41, 5.74) is 5.17. The van der Waals surface area contributed by atoms with E-state index in [9.17, 15) is 23.4 Å². The fourth-order valence-corrected chi connectivity index (χ4v) is 4.34. The largest absolute Gasteiger partial charge is 0.508 e. The van der Waals surface area contributed by atoms with E-state index in [0.717, 1.165) is 0 Å². The molecule has 0 saturated carbocycles. The molecule has 2 rings (SSSR count). The van der Waals surface area contributed by atoms with Crippen molar-refractivity contribution in [2.75, 3.05) is 11.5 Å². The summed E-state index contributed by atoms with van der Waals surface area (Å²) in [6.07, 6.45) is 0.0922. The van der Waals surface area contributed by atoms with Crippen LogP contribution in [0.15, 0.2) is 24.3 Å². The minimum Gasteiger partial charge on any atom is -0.508 e. The molecule has 1 aliphatic heterocycles. The van der Waals surface area contributed by atoms with Crippen molar-refractivity contribution in [3.05, 3.63) is 29.8 Å². The Balaban J connectivity index is 2.34. The molecule has 2 unspecified atom stereocenters. The van der Waals surface area contributed by atoms with Gasteiger partial charge in [0, 0.05) is 6.04 Å². The third kappa shape index (κ3) is 2.78. The molecule has 1 aromatic rings. The van der Waals surface area contributed by atoms with Crippen molar-refractivity contribution in [1.82, 2.24) is 0 Å². The van der Waals surface area contributed by atoms with Crippen LogP contribution in [0.1, 0.15) is 12.0 Å². The summed E-state index contributed by atoms with van der Waals surface area (Å²) >= 11 is 0. The van der Waals surface area contributed by atoms with E-state index in [2.05, 4.69) is 0 Å². The highest BCUT2D eigenvalue weighted by Gasteiger charge is 2.49. The molecule has 1 fully saturated rings. The lowest BCUT2D eigenvalue weighted by Gasteiger charge is -2.38. The molecule has 6 nitrogen and oxygen atoms in total. The zero-order valence-electron chi connectivity index (χ0n) is 10.8. The second-order valence-electron chi connectivity index (χ2n) is 5.28. The first-order chi connectivity index (χ1) is 9.25. The SMILES string of the molecule is NC1CS(=O)(=O)CCC1(Cc1cccc(O)c1)C(=O)O. The molecule has 7 heteroatoms. The number of phenols is 1. The standard InChI is InChI=1S/C13H17NO5S/c14-11-8-20(18,19)5-4-13(11,12(16)17)7-9-2-1-3-10(15)6-9/h1-3,6,11,15H,4-5,7-8,14H2,(H,16,17). The third-order valence-electron chi connectivity index (χ3n) is 3.86. The van der Waals surface area contributed by atoms with Crippen molar-refractivity contribution < 1.29 is 23.4 Å². The Hall–Kier alpha value is -1.60. The van der Waals surface area contributed by atoms with E-state index in [-0.39, 0.29) is 30.1 Å². The predicted octanol–water partition coefficient (Wildman–Crippen LogP) is 0.151. The Labute approximate surface area is 117 Å². The molecule has 2 atom stereocenters. The molecule has 1 aliphatic rings. The Bertz CT molecular complexity index is 627. The average molecular weight is 299 g/mol. The van der Waals surface area contributed by atoms with Gasteiger partial charge in [0.1, 0.15) is 5.75 Å². The molecule has 1 saturated heterocycles. The zero-order chi connectivity index (χ0) is 15.0. The second kappa shape index (κ2) is 5.06. The molecule has 0 aromatic heterocycles. The number of aliphatic carboxylic acids is 1. The molecule has 1 aromatic carbocycles. The molecule has 0 spiro atoms. The van der Waals surface area contributed by atoms with E-state index in [4.69, 9.17) is 5.73 Å². The van der Waals surface area contributed by atoms with Gasteiger partial charge in [0.2, 0.25) is 0 Å². The van der Waals surface area contributed by atoms with Crippen molar-refractivity contribution >= 4 is 15.8 Å². The number of aromatic hydroxyl groups is 1. The van der Waals surface area contributed by atoms with Gasteiger partial charge in [-0.15, -0.1) is 0 Å². The van der Waals surface area contributed by atoms with Crippen LogP contribution in [0.4, 0.5) is 0 Å². The summed E-state index contributed by atoms with van der Waals surface area (Å²) in [4.78, 5) is 11.6. The lowest BCUT2D eigenvalue weighted by molar-refractivity contribution is -0.150. The molecular weight excluding hydrogens is 282 g/mol. The molecule has 0 bridgehead atoms. The minimum absolute atomic E-state index is 0.0124. The van der Waals surface area contributed by atoms with E-state index < -0.39 is 27.3 Å². The molecule has 1 heterocycles. The van der Waals surface area contributed by atoms with Gasteiger partial charge in [0.25, 0.3) is 0 Å². The van der Waals surface area contributed by atoms with Crippen LogP contribution in [-0.4, -0.2) is 42.1 Å². The summed E-state index contributed by atoms with van der Waals surface area (Å²) < 4.78 is 23.1. The number of carboxylic acid groups (broad SMARTS) is 1. The van der Waals surface area contributed by atoms with Crippen LogP contribution in [0.25, 0.3) is 0 Å². The number of carbonyl (C=O) groups is 1. The number of rotatable bonds is 3. The highest BCUT2D eigenvalue weighted by molar-refractivity contribution is 7.91. The van der Waals surface area contributed by atoms with Gasteiger partial charge in [-0.05, 0) is 30.5 Å². The van der Waals surface area contributed by atoms with Gasteiger partial charge >= 0.3 is 5.97 Å². The fraction of sp³-hybridized carbons (Fsp3) is 0.462. The third-order valence-corrected chi connectivity index (χ3v) is 5.55. The predicted molar refractivity (Wildman–Crippen MR) is 73.1 cm³/mol. The number of hydrogen-bond donors (Lipinski definition) is 3. The minimum atomic E-state index is -3.27. The van der Waals surface area contributed by atoms with Gasteiger partial charge in [-0.1, -0.05) is 12.1 Å². The van der Waals surface area contributed by atoms with E-state index in [1.807, 2.05) is 0 Å². The number of phenolic OH excluding ortho intramolecular Hbond substituents is 1. The molecule has 4 N–H and O–H groups in total. The maximum atomic E-state index is 11.6. The van der Waals surface area contributed by atoms with Crippen LogP contribution >= 0.6 is 0 Å². The summed E-state index contributed by atoms with van der Waals surface area (Å²) in [5, 5.41) is 19.0. The van der Waals surface area contributed by atoms with Crippen molar-refractivity contribution in [3.63, 3.8) is 0 Å². The maximum absolute atomic E-state index is 11.6. The van der Waals surface area contributed by atoms with Crippen LogP contribution in [0, 0.1) is 5.41 Å². The van der Waals surface area contributed by atoms with E-state index in [1.54, 1.807) is 12.1 Å². The number of sulfone groups is 1. The van der Waals surface area contributed by atoms with Crippen molar-refractivity contribution in [3.8, 4) is 5.75 Å². The van der Waals surface area contributed by atoms with Crippen molar-refractivity contribution in [2.24, 2.45) is 11.1 Å². The van der Waals surface area contributed by atoms with Gasteiger partial charge in [0.15, 0.2) is 9.84 Å². The average Bonchev–Trinajstić information content (AvgIpc) is 2.32. The molecule has 0 amide bonds. The van der Waals surface area contributed by atoms with Crippen LogP contribution in [0.5, 0.6) is 5.75 Å². The lowest BCUT2D eigenvalue weighted by atomic mass is 9.73. The van der Waals surface area contributed by atoms with Crippen LogP contribution in [0.3, 0.4) is 0 Å². The van der Waals surface area contributed by atoms with Gasteiger partial charge in [-0.25, -0.2) is 8.42 Å². The Morgan fingerprint density at radius 2 is 2.15 bits per heavy atom. The van der Waals surface area contributed by atoms with Crippen LogP contribution in [0.2, 0.25) is 0 Å². The number of hydrogen-bond acceptors (Lipinski definition) is 5. The fourth-order valence-electron chi connectivity index (χ4n) is 2.63. The van der Waals surface area contributed by atoms with Crippen LogP contribution < -0.4 is 5.73 Å². The summed E-state index contributed by atoms with van der Waals surface area (Å²) in [7, 11) is -3.27. The highest BCUT2D eigenvalue weighted by Crippen LogP contribution is 2.36. The quantitative estimate of drug-likeness (QED) is 0.731. The summed E-state index contributed by atoms with van der Waals surface area (Å²) in [5.74, 6) is -1.55.